The summed E-state index contributed by atoms with van der Waals surface area (Å²) in [5.74, 6) is 0. The highest BCUT2D eigenvalue weighted by molar-refractivity contribution is 6.05. The standard InChI is InChI=1S/C68H44N2/c1-5-22-45(23-6-1)56-42-50(44-62-65(56)55-33-21-39-64-66(55)67(62,46-24-7-2-8-25-46)60-37-19-20-38-63(60)70(64)48-28-11-4-12-29-48)69(47-26-9-3-10-27-47)49-40-41-54-53-32-15-18-36-59(53)68(61(54)43-49)57-34-16-13-30-51(57)52-31-14-17-35-58(52)68/h1-44H. The van der Waals surface area contributed by atoms with E-state index in [0.717, 1.165) is 22.7 Å². The Balaban J connectivity index is 1.05. The molecule has 1 heterocycles. The first-order chi connectivity index (χ1) is 34.8. The number of rotatable bonds is 6. The fourth-order valence-corrected chi connectivity index (χ4v) is 13.3. The molecule has 11 aromatic carbocycles. The molecule has 0 radical (unpaired) electrons. The summed E-state index contributed by atoms with van der Waals surface area (Å²) in [5, 5.41) is 0. The summed E-state index contributed by atoms with van der Waals surface area (Å²) in [7, 11) is 0. The van der Waals surface area contributed by atoms with Crippen molar-refractivity contribution in [1.82, 2.24) is 0 Å². The normalized spacial score (nSPS) is 15.6. The molecule has 1 atom stereocenters. The van der Waals surface area contributed by atoms with Gasteiger partial charge in [0.2, 0.25) is 0 Å². The van der Waals surface area contributed by atoms with Gasteiger partial charge in [-0.2, -0.15) is 0 Å². The SMILES string of the molecule is c1ccc(-c2cc(N(c3ccccc3)c3ccc4c(c3)C3(c5ccccc5-c5ccccc53)c3ccccc3-4)cc3c2-c2cccc4c2C3(c2ccccc2)c2ccccc2N4c2ccccc2)cc1. The molecule has 1 aliphatic heterocycles. The average Bonchev–Trinajstić information content (AvgIpc) is 4.03. The second-order valence-electron chi connectivity index (χ2n) is 19.1. The number of para-hydroxylation sites is 3. The quantitative estimate of drug-likeness (QED) is 0.164. The third-order valence-electron chi connectivity index (χ3n) is 15.8. The van der Waals surface area contributed by atoms with Crippen LogP contribution in [0.2, 0.25) is 0 Å². The largest absolute Gasteiger partial charge is 0.310 e. The molecule has 0 saturated heterocycles. The molecule has 2 nitrogen and oxygen atoms in total. The summed E-state index contributed by atoms with van der Waals surface area (Å²) < 4.78 is 0. The second-order valence-corrected chi connectivity index (χ2v) is 19.1. The molecule has 3 aliphatic carbocycles. The molecular formula is C68H44N2. The highest BCUT2D eigenvalue weighted by Gasteiger charge is 2.54. The van der Waals surface area contributed by atoms with Crippen LogP contribution in [0.3, 0.4) is 0 Å². The molecule has 0 saturated carbocycles. The molecule has 11 aromatic rings. The summed E-state index contributed by atoms with van der Waals surface area (Å²) >= 11 is 0. The average molecular weight is 889 g/mol. The zero-order valence-electron chi connectivity index (χ0n) is 38.3. The van der Waals surface area contributed by atoms with Crippen LogP contribution in [0, 0.1) is 0 Å². The van der Waals surface area contributed by atoms with Gasteiger partial charge in [0.15, 0.2) is 0 Å². The maximum Gasteiger partial charge on any atom is 0.0755 e. The van der Waals surface area contributed by atoms with Gasteiger partial charge in [-0.3, -0.25) is 0 Å². The van der Waals surface area contributed by atoms with Gasteiger partial charge in [0.1, 0.15) is 0 Å². The third-order valence-corrected chi connectivity index (χ3v) is 15.8. The lowest BCUT2D eigenvalue weighted by Gasteiger charge is -2.44. The van der Waals surface area contributed by atoms with Crippen LogP contribution >= 0.6 is 0 Å². The van der Waals surface area contributed by atoms with E-state index in [0.29, 0.717) is 0 Å². The second kappa shape index (κ2) is 14.8. The van der Waals surface area contributed by atoms with Crippen LogP contribution in [0.1, 0.15) is 44.5 Å². The van der Waals surface area contributed by atoms with Crippen LogP contribution in [-0.4, -0.2) is 0 Å². The maximum absolute atomic E-state index is 2.54. The molecule has 15 rings (SSSR count). The molecule has 326 valence electrons. The Morgan fingerprint density at radius 3 is 1.44 bits per heavy atom. The van der Waals surface area contributed by atoms with Crippen molar-refractivity contribution in [2.45, 2.75) is 10.8 Å². The van der Waals surface area contributed by atoms with Gasteiger partial charge in [0.25, 0.3) is 0 Å². The van der Waals surface area contributed by atoms with Crippen molar-refractivity contribution >= 4 is 34.1 Å². The first-order valence-electron chi connectivity index (χ1n) is 24.4. The summed E-state index contributed by atoms with van der Waals surface area (Å²) in [6, 6.07) is 99.9. The monoisotopic (exact) mass is 888 g/mol. The minimum atomic E-state index is -0.646. The minimum absolute atomic E-state index is 0.476. The van der Waals surface area contributed by atoms with E-state index in [2.05, 4.69) is 277 Å². The lowest BCUT2D eigenvalue weighted by atomic mass is 9.64. The molecule has 2 heteroatoms. The molecule has 0 N–H and O–H groups in total. The van der Waals surface area contributed by atoms with E-state index in [1.54, 1.807) is 0 Å². The van der Waals surface area contributed by atoms with E-state index in [9.17, 15) is 0 Å². The van der Waals surface area contributed by atoms with Crippen molar-refractivity contribution < 1.29 is 0 Å². The van der Waals surface area contributed by atoms with E-state index < -0.39 is 10.8 Å². The number of nitrogens with zero attached hydrogens (tertiary/aromatic N) is 2. The number of anilines is 6. The van der Waals surface area contributed by atoms with Crippen molar-refractivity contribution in [2.75, 3.05) is 9.80 Å². The van der Waals surface area contributed by atoms with E-state index in [-0.39, 0.29) is 0 Å². The van der Waals surface area contributed by atoms with Gasteiger partial charge in [0.05, 0.1) is 22.2 Å². The van der Waals surface area contributed by atoms with Gasteiger partial charge in [-0.15, -0.1) is 0 Å². The Morgan fingerprint density at radius 2 is 0.786 bits per heavy atom. The number of hydrogen-bond acceptors (Lipinski definition) is 2. The fourth-order valence-electron chi connectivity index (χ4n) is 13.3. The van der Waals surface area contributed by atoms with Gasteiger partial charge < -0.3 is 9.80 Å². The number of fused-ring (bicyclic) bond motifs is 15. The van der Waals surface area contributed by atoms with Crippen LogP contribution in [0.4, 0.5) is 34.1 Å². The lowest BCUT2D eigenvalue weighted by molar-refractivity contribution is 0.753. The summed E-state index contributed by atoms with van der Waals surface area (Å²) in [6.07, 6.45) is 0. The Bertz CT molecular complexity index is 3830. The zero-order chi connectivity index (χ0) is 46.0. The van der Waals surface area contributed by atoms with Gasteiger partial charge in [-0.25, -0.2) is 0 Å². The fraction of sp³-hybridized carbons (Fsp3) is 0.0294. The van der Waals surface area contributed by atoms with Crippen LogP contribution in [0.15, 0.2) is 267 Å². The van der Waals surface area contributed by atoms with Crippen LogP contribution < -0.4 is 9.80 Å². The van der Waals surface area contributed by atoms with Crippen molar-refractivity contribution in [1.29, 1.82) is 0 Å². The Morgan fingerprint density at radius 1 is 0.286 bits per heavy atom. The van der Waals surface area contributed by atoms with E-state index in [1.165, 1.54) is 100 Å². The van der Waals surface area contributed by atoms with Gasteiger partial charge in [0, 0.05) is 28.3 Å². The smallest absolute Gasteiger partial charge is 0.0755 e. The first kappa shape index (κ1) is 39.1. The first-order valence-corrected chi connectivity index (χ1v) is 24.4. The molecular weight excluding hydrogens is 845 g/mol. The zero-order valence-corrected chi connectivity index (χ0v) is 38.3. The molecule has 1 spiro atoms. The predicted octanol–water partition coefficient (Wildman–Crippen LogP) is 17.3. The molecule has 70 heavy (non-hydrogen) atoms. The Labute approximate surface area is 408 Å². The van der Waals surface area contributed by atoms with Gasteiger partial charge >= 0.3 is 0 Å². The highest BCUT2D eigenvalue weighted by atomic mass is 15.2. The van der Waals surface area contributed by atoms with Crippen LogP contribution in [0.5, 0.6) is 0 Å². The number of hydrogen-bond donors (Lipinski definition) is 0. The molecule has 4 aliphatic rings. The summed E-state index contributed by atoms with van der Waals surface area (Å²) in [5.41, 5.74) is 26.3. The van der Waals surface area contributed by atoms with E-state index >= 15 is 0 Å². The maximum atomic E-state index is 2.54. The van der Waals surface area contributed by atoms with Crippen molar-refractivity contribution in [3.63, 3.8) is 0 Å². The molecule has 1 unspecified atom stereocenters. The van der Waals surface area contributed by atoms with Crippen molar-refractivity contribution in [2.24, 2.45) is 0 Å². The lowest BCUT2D eigenvalue weighted by Crippen LogP contribution is -2.36. The topological polar surface area (TPSA) is 6.48 Å². The van der Waals surface area contributed by atoms with Crippen molar-refractivity contribution in [3.8, 4) is 44.5 Å². The Kier molecular flexibility index (Phi) is 8.24. The molecule has 0 aromatic heterocycles. The van der Waals surface area contributed by atoms with Gasteiger partial charge in [-0.1, -0.05) is 206 Å². The number of benzene rings is 11. The van der Waals surface area contributed by atoms with E-state index in [1.807, 2.05) is 0 Å². The molecule has 0 fully saturated rings. The third kappa shape index (κ3) is 5.07. The summed E-state index contributed by atoms with van der Waals surface area (Å²) in [4.78, 5) is 5.00. The Hall–Kier alpha value is -8.98. The molecule has 0 amide bonds. The predicted molar refractivity (Wildman–Crippen MR) is 288 cm³/mol. The van der Waals surface area contributed by atoms with Crippen molar-refractivity contribution in [3.05, 3.63) is 311 Å². The molecule has 0 bridgehead atoms. The van der Waals surface area contributed by atoms with Gasteiger partial charge in [-0.05, 0) is 144 Å². The minimum Gasteiger partial charge on any atom is -0.310 e. The van der Waals surface area contributed by atoms with Crippen LogP contribution in [-0.2, 0) is 10.8 Å². The van der Waals surface area contributed by atoms with E-state index in [4.69, 9.17) is 0 Å². The van der Waals surface area contributed by atoms with Crippen LogP contribution in [0.25, 0.3) is 44.5 Å². The summed E-state index contributed by atoms with van der Waals surface area (Å²) in [6.45, 7) is 0. The highest BCUT2D eigenvalue weighted by Crippen LogP contribution is 2.68.